The van der Waals surface area contributed by atoms with Gasteiger partial charge in [0.1, 0.15) is 48.8 Å². The molecule has 2 fully saturated rings. The number of nitrogens with two attached hydrogens (primary N) is 1. The number of Topliss-reactive ketones (excluding diaryl/α,β-unsaturated/α-hetero) is 1. The summed E-state index contributed by atoms with van der Waals surface area (Å²) in [5.41, 5.74) is 6.08. The van der Waals surface area contributed by atoms with Crippen molar-refractivity contribution >= 4 is 17.6 Å². The van der Waals surface area contributed by atoms with E-state index in [1.165, 1.54) is 25.7 Å². The summed E-state index contributed by atoms with van der Waals surface area (Å²) < 4.78 is 16.4. The summed E-state index contributed by atoms with van der Waals surface area (Å²) in [5.74, 6) is -2.34. The fourth-order valence-corrected chi connectivity index (χ4v) is 5.64. The lowest BCUT2D eigenvalue weighted by Crippen LogP contribution is -2.66. The smallest absolute Gasteiger partial charge is 0.237 e. The van der Waals surface area contributed by atoms with Gasteiger partial charge in [0, 0.05) is 5.92 Å². The van der Waals surface area contributed by atoms with Crippen molar-refractivity contribution in [2.75, 3.05) is 13.2 Å². The van der Waals surface area contributed by atoms with Gasteiger partial charge in [-0.3, -0.25) is 14.4 Å². The SMILES string of the molecule is CCCCCCCCCCC(N)C(=O)NC(CC(=O)N[C@@H]1OC(CO)[C@@H](O[C@@H]2OC(CO)[C@@H](O)[C@H](O)C2O)[C@H](O)C1O)C(=O)C(C)C. The summed E-state index contributed by atoms with van der Waals surface area (Å²) in [5, 5.41) is 76.1. The molecule has 2 aliphatic heterocycles. The Morgan fingerprint density at radius 2 is 1.38 bits per heavy atom. The van der Waals surface area contributed by atoms with Crippen LogP contribution in [0.3, 0.4) is 0 Å². The van der Waals surface area contributed by atoms with Crippen LogP contribution >= 0.6 is 0 Å². The number of hydrogen-bond acceptors (Lipinski definition) is 14. The van der Waals surface area contributed by atoms with Gasteiger partial charge in [-0.25, -0.2) is 0 Å². The standard InChI is InChI=1S/C31H57N3O13/c1-4-5-6-7-8-9-10-11-12-17(32)29(44)33-18(22(38)16(2)3)13-21(37)34-30-26(42)25(41)28(20(15-36)45-30)47-31-27(43)24(40)23(39)19(14-35)46-31/h16-20,23-28,30-31,35-36,39-43H,4-15,32H2,1-3H3,(H,33,44)(H,34,37)/t17?,18?,19?,20?,23-,24+,25-,26?,27?,28-,30-,31+/m1/s1. The molecule has 0 saturated carbocycles. The van der Waals surface area contributed by atoms with Gasteiger partial charge < -0.3 is 66.3 Å². The van der Waals surface area contributed by atoms with E-state index in [1.54, 1.807) is 13.8 Å². The molecule has 0 aromatic rings. The summed E-state index contributed by atoms with van der Waals surface area (Å²) in [4.78, 5) is 38.8. The lowest BCUT2D eigenvalue weighted by molar-refractivity contribution is -0.343. The minimum Gasteiger partial charge on any atom is -0.394 e. The maximum atomic E-state index is 13.0. The van der Waals surface area contributed by atoms with Crippen LogP contribution in [0.25, 0.3) is 0 Å². The van der Waals surface area contributed by atoms with Crippen molar-refractivity contribution in [1.29, 1.82) is 0 Å². The van der Waals surface area contributed by atoms with E-state index in [-0.39, 0.29) is 0 Å². The number of unbranched alkanes of at least 4 members (excludes halogenated alkanes) is 7. The first-order valence-corrected chi connectivity index (χ1v) is 16.7. The van der Waals surface area contributed by atoms with Crippen molar-refractivity contribution < 1.29 is 64.3 Å². The molecular weight excluding hydrogens is 622 g/mol. The molecule has 2 rings (SSSR count). The van der Waals surface area contributed by atoms with E-state index in [9.17, 15) is 50.1 Å². The highest BCUT2D eigenvalue weighted by Gasteiger charge is 2.50. The molecule has 0 spiro atoms. The molecule has 16 heteroatoms. The fourth-order valence-electron chi connectivity index (χ4n) is 5.64. The lowest BCUT2D eigenvalue weighted by Gasteiger charge is -2.46. The first-order valence-electron chi connectivity index (χ1n) is 16.7. The van der Waals surface area contributed by atoms with Crippen molar-refractivity contribution in [2.24, 2.45) is 11.7 Å². The highest BCUT2D eigenvalue weighted by atomic mass is 16.7. The second kappa shape index (κ2) is 20.6. The molecule has 0 bridgehead atoms. The molecule has 6 unspecified atom stereocenters. The number of hydrogen-bond donors (Lipinski definition) is 10. The Kier molecular flexibility index (Phi) is 18.1. The average Bonchev–Trinajstić information content (AvgIpc) is 3.04. The van der Waals surface area contributed by atoms with Crippen molar-refractivity contribution in [2.45, 2.75) is 158 Å². The number of carbonyl (C=O) groups is 3. The lowest BCUT2D eigenvalue weighted by atomic mass is 9.96. The molecule has 0 radical (unpaired) electrons. The van der Waals surface area contributed by atoms with Crippen molar-refractivity contribution in [3.63, 3.8) is 0 Å². The van der Waals surface area contributed by atoms with E-state index in [0.717, 1.165) is 25.7 Å². The summed E-state index contributed by atoms with van der Waals surface area (Å²) in [6, 6.07) is -2.10. The Labute approximate surface area is 276 Å². The maximum absolute atomic E-state index is 13.0. The van der Waals surface area contributed by atoms with Gasteiger partial charge in [-0.2, -0.15) is 0 Å². The van der Waals surface area contributed by atoms with E-state index in [0.29, 0.717) is 6.42 Å². The van der Waals surface area contributed by atoms with Gasteiger partial charge in [0.25, 0.3) is 0 Å². The van der Waals surface area contributed by atoms with Crippen molar-refractivity contribution in [3.8, 4) is 0 Å². The van der Waals surface area contributed by atoms with Crippen LogP contribution in [0.1, 0.15) is 85.0 Å². The maximum Gasteiger partial charge on any atom is 0.237 e. The van der Waals surface area contributed by atoms with Gasteiger partial charge >= 0.3 is 0 Å². The summed E-state index contributed by atoms with van der Waals surface area (Å²) in [6.07, 6.45) is -7.93. The second-order valence-corrected chi connectivity index (χ2v) is 12.8. The van der Waals surface area contributed by atoms with E-state index in [2.05, 4.69) is 17.6 Å². The first kappa shape index (κ1) is 41.3. The Balaban J connectivity index is 1.96. The van der Waals surface area contributed by atoms with E-state index in [4.69, 9.17) is 19.9 Å². The first-order chi connectivity index (χ1) is 22.3. The van der Waals surface area contributed by atoms with Crippen LogP contribution in [0, 0.1) is 5.92 Å². The van der Waals surface area contributed by atoms with Crippen LogP contribution in [0.15, 0.2) is 0 Å². The minimum atomic E-state index is -1.84. The number of ether oxygens (including phenoxy) is 3. The number of aliphatic hydroxyl groups is 7. The zero-order valence-electron chi connectivity index (χ0n) is 27.6. The van der Waals surface area contributed by atoms with Crippen molar-refractivity contribution in [3.05, 3.63) is 0 Å². The van der Waals surface area contributed by atoms with Crippen LogP contribution in [0.4, 0.5) is 0 Å². The number of ketones is 1. The van der Waals surface area contributed by atoms with Crippen LogP contribution in [0.2, 0.25) is 0 Å². The van der Waals surface area contributed by atoms with Gasteiger partial charge in [-0.1, -0.05) is 72.1 Å². The van der Waals surface area contributed by atoms with Gasteiger partial charge in [0.05, 0.1) is 31.7 Å². The third-order valence-corrected chi connectivity index (χ3v) is 8.63. The number of nitrogens with one attached hydrogen (secondary N) is 2. The van der Waals surface area contributed by atoms with E-state index >= 15 is 0 Å². The quantitative estimate of drug-likeness (QED) is 0.0606. The molecule has 0 aromatic carbocycles. The third-order valence-electron chi connectivity index (χ3n) is 8.63. The fraction of sp³-hybridized carbons (Fsp3) is 0.903. The van der Waals surface area contributed by atoms with Crippen LogP contribution in [-0.4, -0.2) is 140 Å². The van der Waals surface area contributed by atoms with E-state index in [1.807, 2.05) is 0 Å². The second-order valence-electron chi connectivity index (χ2n) is 12.8. The molecular formula is C31H57N3O13. The van der Waals surface area contributed by atoms with Crippen LogP contribution in [-0.2, 0) is 28.6 Å². The minimum absolute atomic E-state index is 0.417. The number of aliphatic hydroxyl groups excluding tert-OH is 7. The van der Waals surface area contributed by atoms with Gasteiger partial charge in [-0.05, 0) is 6.42 Å². The number of carbonyl (C=O) groups excluding carboxylic acids is 3. The molecule has 11 N–H and O–H groups in total. The summed E-state index contributed by atoms with van der Waals surface area (Å²) in [6.45, 7) is 3.87. The van der Waals surface area contributed by atoms with Crippen LogP contribution < -0.4 is 16.4 Å². The zero-order valence-corrected chi connectivity index (χ0v) is 27.6. The van der Waals surface area contributed by atoms with Crippen LogP contribution in [0.5, 0.6) is 0 Å². The normalized spacial score (nSPS) is 32.5. The van der Waals surface area contributed by atoms with Gasteiger partial charge in [0.2, 0.25) is 11.8 Å². The highest BCUT2D eigenvalue weighted by Crippen LogP contribution is 2.28. The Morgan fingerprint density at radius 1 is 0.787 bits per heavy atom. The molecule has 12 atom stereocenters. The third kappa shape index (κ3) is 12.2. The Bertz CT molecular complexity index is 956. The molecule has 2 saturated heterocycles. The molecule has 47 heavy (non-hydrogen) atoms. The average molecular weight is 680 g/mol. The zero-order chi connectivity index (χ0) is 35.3. The summed E-state index contributed by atoms with van der Waals surface area (Å²) in [7, 11) is 0. The highest BCUT2D eigenvalue weighted by molar-refractivity contribution is 5.95. The molecule has 2 aliphatic rings. The number of amides is 2. The largest absolute Gasteiger partial charge is 0.394 e. The molecule has 0 aromatic heterocycles. The molecule has 16 nitrogen and oxygen atoms in total. The molecule has 274 valence electrons. The van der Waals surface area contributed by atoms with E-state index < -0.39 is 117 Å². The van der Waals surface area contributed by atoms with Crippen molar-refractivity contribution in [1.82, 2.24) is 10.6 Å². The van der Waals surface area contributed by atoms with Gasteiger partial charge in [0.15, 0.2) is 18.3 Å². The van der Waals surface area contributed by atoms with Gasteiger partial charge in [-0.15, -0.1) is 0 Å². The molecule has 2 heterocycles. The predicted molar refractivity (Wildman–Crippen MR) is 166 cm³/mol. The Hall–Kier alpha value is -1.83. The monoisotopic (exact) mass is 679 g/mol. The number of rotatable bonds is 20. The predicted octanol–water partition coefficient (Wildman–Crippen LogP) is -2.32. The molecule has 0 aliphatic carbocycles. The Morgan fingerprint density at radius 3 is 1.96 bits per heavy atom. The summed E-state index contributed by atoms with van der Waals surface area (Å²) >= 11 is 0. The topological polar surface area (TPSA) is 271 Å². The molecule has 2 amide bonds.